The smallest absolute Gasteiger partial charge is 0.273 e. The van der Waals surface area contributed by atoms with Gasteiger partial charge in [-0.05, 0) is 19.1 Å². The maximum atomic E-state index is 12.3. The van der Waals surface area contributed by atoms with Crippen molar-refractivity contribution in [3.05, 3.63) is 63.7 Å². The Hall–Kier alpha value is -1.30. The summed E-state index contributed by atoms with van der Waals surface area (Å²) in [6.07, 6.45) is 0. The number of hydrogen-bond donors (Lipinski definition) is 1. The molecule has 1 radical (unpaired) electrons. The van der Waals surface area contributed by atoms with Gasteiger partial charge in [0.2, 0.25) is 0 Å². The topological polar surface area (TPSA) is 129 Å². The van der Waals surface area contributed by atoms with Gasteiger partial charge in [-0.3, -0.25) is 14.8 Å². The molecule has 0 saturated carbocycles. The fraction of sp³-hybridized carbons (Fsp3) is 0.0714. The van der Waals surface area contributed by atoms with Gasteiger partial charge in [0.05, 0.1) is 21.5 Å². The number of carboxylic acids is 1. The molecule has 1 N–H and O–H groups in total. The fourth-order valence-electron chi connectivity index (χ4n) is 1.91. The SMILES string of the molecule is Cc1ccc(S(=O)(=O)Nc2ccccc2C(=O)[O-])cc1[N+](=O)[O-].[K]. The molecule has 0 aliphatic carbocycles. The maximum absolute atomic E-state index is 12.3. The summed E-state index contributed by atoms with van der Waals surface area (Å²) in [5, 5.41) is 21.9. The molecular formula is C14H11KN2O6S-. The predicted octanol–water partition coefficient (Wildman–Crippen LogP) is 0.687. The molecule has 2 aromatic carbocycles. The zero-order valence-electron chi connectivity index (χ0n) is 12.8. The summed E-state index contributed by atoms with van der Waals surface area (Å²) in [7, 11) is -4.19. The molecule has 2 aromatic rings. The number of hydrogen-bond acceptors (Lipinski definition) is 6. The predicted molar refractivity (Wildman–Crippen MR) is 85.2 cm³/mol. The molecule has 2 rings (SSSR count). The average Bonchev–Trinajstić information content (AvgIpc) is 2.47. The Balaban J connectivity index is 0.00000288. The third kappa shape index (κ3) is 4.62. The second-order valence-corrected chi connectivity index (χ2v) is 6.33. The number of sulfonamides is 1. The van der Waals surface area contributed by atoms with Crippen molar-refractivity contribution < 1.29 is 23.2 Å². The molecule has 0 aliphatic heterocycles. The van der Waals surface area contributed by atoms with E-state index in [-0.39, 0.29) is 73.2 Å². The summed E-state index contributed by atoms with van der Waals surface area (Å²) >= 11 is 0. The summed E-state index contributed by atoms with van der Waals surface area (Å²) in [4.78, 5) is 20.9. The van der Waals surface area contributed by atoms with E-state index in [1.165, 1.54) is 43.3 Å². The Bertz CT molecular complexity index is 898. The standard InChI is InChI=1S/C14H12N2O6S.K/c1-9-6-7-10(8-13(9)16(19)20)23(21,22)15-12-5-3-2-4-11(12)14(17)18;/h2-8,15H,1H3,(H,17,18);/p-1. The number of para-hydroxylation sites is 1. The Morgan fingerprint density at radius 1 is 1.17 bits per heavy atom. The minimum atomic E-state index is -4.19. The molecule has 0 aliphatic rings. The van der Waals surface area contributed by atoms with Crippen LogP contribution in [-0.2, 0) is 10.0 Å². The molecule has 0 bridgehead atoms. The van der Waals surface area contributed by atoms with Crippen molar-refractivity contribution in [1.82, 2.24) is 0 Å². The monoisotopic (exact) mass is 374 g/mol. The van der Waals surface area contributed by atoms with E-state index in [1.54, 1.807) is 0 Å². The van der Waals surface area contributed by atoms with E-state index in [0.29, 0.717) is 5.56 Å². The molecule has 0 spiro atoms. The van der Waals surface area contributed by atoms with Crippen LogP contribution in [0.4, 0.5) is 11.4 Å². The van der Waals surface area contributed by atoms with Crippen LogP contribution in [0.15, 0.2) is 47.4 Å². The van der Waals surface area contributed by atoms with Gasteiger partial charge in [0.1, 0.15) is 0 Å². The zero-order chi connectivity index (χ0) is 17.2. The van der Waals surface area contributed by atoms with Crippen LogP contribution in [0.5, 0.6) is 0 Å². The van der Waals surface area contributed by atoms with Crippen molar-refractivity contribution in [2.45, 2.75) is 11.8 Å². The summed E-state index contributed by atoms with van der Waals surface area (Å²) in [5.41, 5.74) is -0.557. The van der Waals surface area contributed by atoms with Gasteiger partial charge in [-0.15, -0.1) is 0 Å². The molecule has 0 amide bonds. The van der Waals surface area contributed by atoms with Crippen LogP contribution >= 0.6 is 0 Å². The first-order chi connectivity index (χ1) is 10.7. The Morgan fingerprint density at radius 2 is 1.79 bits per heavy atom. The second-order valence-electron chi connectivity index (χ2n) is 4.64. The minimum Gasteiger partial charge on any atom is -0.545 e. The van der Waals surface area contributed by atoms with Crippen LogP contribution in [0.25, 0.3) is 0 Å². The first kappa shape index (κ1) is 20.7. The molecule has 8 nitrogen and oxygen atoms in total. The number of aryl methyl sites for hydroxylation is 1. The van der Waals surface area contributed by atoms with E-state index < -0.39 is 20.9 Å². The van der Waals surface area contributed by atoms with Gasteiger partial charge < -0.3 is 9.90 Å². The Morgan fingerprint density at radius 3 is 2.38 bits per heavy atom. The van der Waals surface area contributed by atoms with E-state index in [0.717, 1.165) is 6.07 Å². The van der Waals surface area contributed by atoms with Crippen molar-refractivity contribution in [3.63, 3.8) is 0 Å². The van der Waals surface area contributed by atoms with Crippen LogP contribution < -0.4 is 9.83 Å². The number of anilines is 1. The number of aromatic carboxylic acids is 1. The zero-order valence-corrected chi connectivity index (χ0v) is 16.8. The maximum Gasteiger partial charge on any atom is 0.273 e. The molecular weight excluding hydrogens is 363 g/mol. The van der Waals surface area contributed by atoms with Gasteiger partial charge in [-0.1, -0.05) is 24.3 Å². The first-order valence-corrected chi connectivity index (χ1v) is 7.79. The number of nitrogens with zero attached hydrogens (tertiary/aromatic N) is 1. The van der Waals surface area contributed by atoms with Gasteiger partial charge in [-0.2, -0.15) is 0 Å². The molecule has 0 aromatic heterocycles. The van der Waals surface area contributed by atoms with Crippen LogP contribution in [0.2, 0.25) is 0 Å². The summed E-state index contributed by atoms with van der Waals surface area (Å²) in [6, 6.07) is 8.72. The number of benzene rings is 2. The van der Waals surface area contributed by atoms with Crippen LogP contribution in [0.1, 0.15) is 15.9 Å². The van der Waals surface area contributed by atoms with Gasteiger partial charge in [-0.25, -0.2) is 8.42 Å². The second kappa shape index (κ2) is 8.18. The molecule has 0 fully saturated rings. The third-order valence-electron chi connectivity index (χ3n) is 3.08. The van der Waals surface area contributed by atoms with Crippen LogP contribution in [0, 0.1) is 17.0 Å². The summed E-state index contributed by atoms with van der Waals surface area (Å²) < 4.78 is 26.7. The van der Waals surface area contributed by atoms with E-state index in [2.05, 4.69) is 4.72 Å². The van der Waals surface area contributed by atoms with Crippen LogP contribution in [-0.4, -0.2) is 70.7 Å². The van der Waals surface area contributed by atoms with Gasteiger partial charge in [0.25, 0.3) is 15.7 Å². The van der Waals surface area contributed by atoms with E-state index in [1.807, 2.05) is 0 Å². The molecule has 0 unspecified atom stereocenters. The van der Waals surface area contributed by atoms with Crippen molar-refractivity contribution in [2.24, 2.45) is 0 Å². The molecule has 0 saturated heterocycles. The normalized spacial score (nSPS) is 10.5. The molecule has 10 heteroatoms. The molecule has 24 heavy (non-hydrogen) atoms. The fourth-order valence-corrected chi connectivity index (χ4v) is 3.01. The number of nitrogens with one attached hydrogen (secondary N) is 1. The third-order valence-corrected chi connectivity index (χ3v) is 4.44. The van der Waals surface area contributed by atoms with E-state index in [9.17, 15) is 28.4 Å². The Kier molecular flexibility index (Phi) is 7.07. The first-order valence-electron chi connectivity index (χ1n) is 6.30. The summed E-state index contributed by atoms with van der Waals surface area (Å²) in [5.74, 6) is -1.54. The molecule has 0 atom stereocenters. The minimum absolute atomic E-state index is 0. The number of rotatable bonds is 5. The number of nitro groups is 1. The number of carbonyl (C=O) groups is 1. The number of carboxylic acid groups (broad SMARTS) is 1. The Labute approximate surface area is 180 Å². The quantitative estimate of drug-likeness (QED) is 0.465. The van der Waals surface area contributed by atoms with Crippen molar-refractivity contribution in [3.8, 4) is 0 Å². The molecule has 121 valence electrons. The number of carbonyl (C=O) groups excluding carboxylic acids is 1. The number of nitro benzene ring substituents is 1. The van der Waals surface area contributed by atoms with Crippen molar-refractivity contribution >= 4 is 78.8 Å². The largest absolute Gasteiger partial charge is 0.545 e. The van der Waals surface area contributed by atoms with Crippen LogP contribution in [0.3, 0.4) is 0 Å². The molecule has 0 heterocycles. The van der Waals surface area contributed by atoms with Gasteiger partial charge in [0.15, 0.2) is 0 Å². The van der Waals surface area contributed by atoms with Gasteiger partial charge in [0, 0.05) is 68.6 Å². The summed E-state index contributed by atoms with van der Waals surface area (Å²) in [6.45, 7) is 1.48. The van der Waals surface area contributed by atoms with E-state index >= 15 is 0 Å². The van der Waals surface area contributed by atoms with Crippen molar-refractivity contribution in [1.29, 1.82) is 0 Å². The van der Waals surface area contributed by atoms with Crippen molar-refractivity contribution in [2.75, 3.05) is 4.72 Å². The average molecular weight is 374 g/mol. The van der Waals surface area contributed by atoms with Gasteiger partial charge >= 0.3 is 0 Å². The van der Waals surface area contributed by atoms with E-state index in [4.69, 9.17) is 0 Å².